The second-order valence-corrected chi connectivity index (χ2v) is 7.76. The summed E-state index contributed by atoms with van der Waals surface area (Å²) in [5.41, 5.74) is 0.990. The fourth-order valence-corrected chi connectivity index (χ4v) is 3.99. The van der Waals surface area contributed by atoms with Gasteiger partial charge in [0.05, 0.1) is 11.2 Å². The van der Waals surface area contributed by atoms with Crippen molar-refractivity contribution < 1.29 is 9.31 Å². The van der Waals surface area contributed by atoms with Crippen molar-refractivity contribution in [2.45, 2.75) is 70.5 Å². The van der Waals surface area contributed by atoms with Crippen LogP contribution in [0.2, 0.25) is 0 Å². The van der Waals surface area contributed by atoms with Crippen molar-refractivity contribution in [1.82, 2.24) is 0 Å². The molecule has 104 valence electrons. The van der Waals surface area contributed by atoms with E-state index in [1.54, 1.807) is 11.3 Å². The molecule has 2 heterocycles. The molecule has 2 aliphatic rings. The van der Waals surface area contributed by atoms with Crippen molar-refractivity contribution in [3.8, 4) is 0 Å². The maximum atomic E-state index is 6.20. The number of hydrogen-bond acceptors (Lipinski definition) is 3. The lowest BCUT2D eigenvalue weighted by molar-refractivity contribution is 0.00578. The monoisotopic (exact) mass is 278 g/mol. The summed E-state index contributed by atoms with van der Waals surface area (Å²) in [6, 6.07) is 2.28. The van der Waals surface area contributed by atoms with E-state index in [9.17, 15) is 0 Å². The van der Waals surface area contributed by atoms with E-state index in [2.05, 4.69) is 39.1 Å². The third-order valence-corrected chi connectivity index (χ3v) is 5.94. The van der Waals surface area contributed by atoms with Gasteiger partial charge in [-0.15, -0.1) is 0 Å². The molecule has 0 unspecified atom stereocenters. The first kappa shape index (κ1) is 13.7. The minimum Gasteiger partial charge on any atom is -0.399 e. The van der Waals surface area contributed by atoms with E-state index < -0.39 is 0 Å². The van der Waals surface area contributed by atoms with Gasteiger partial charge in [-0.25, -0.2) is 0 Å². The average molecular weight is 278 g/mol. The first-order valence-electron chi connectivity index (χ1n) is 7.34. The van der Waals surface area contributed by atoms with Crippen LogP contribution in [0.15, 0.2) is 11.4 Å². The molecule has 2 nitrogen and oxygen atoms in total. The molecule has 1 saturated heterocycles. The summed E-state index contributed by atoms with van der Waals surface area (Å²) in [5.74, 6) is 0.722. The van der Waals surface area contributed by atoms with Gasteiger partial charge in [-0.3, -0.25) is 0 Å². The second kappa shape index (κ2) is 4.61. The zero-order chi connectivity index (χ0) is 13.7. The average Bonchev–Trinajstić information content (AvgIpc) is 3.00. The summed E-state index contributed by atoms with van der Waals surface area (Å²) in [5, 5.41) is 2.19. The van der Waals surface area contributed by atoms with Crippen molar-refractivity contribution in [1.29, 1.82) is 0 Å². The van der Waals surface area contributed by atoms with E-state index >= 15 is 0 Å². The third kappa shape index (κ3) is 2.28. The van der Waals surface area contributed by atoms with Gasteiger partial charge in [-0.05, 0) is 63.5 Å². The number of rotatable bonds is 2. The lowest BCUT2D eigenvalue weighted by Gasteiger charge is -2.32. The molecule has 2 fully saturated rings. The largest absolute Gasteiger partial charge is 0.505 e. The maximum absolute atomic E-state index is 6.20. The Bertz CT molecular complexity index is 444. The predicted molar refractivity (Wildman–Crippen MR) is 81.2 cm³/mol. The van der Waals surface area contributed by atoms with E-state index in [1.165, 1.54) is 36.0 Å². The number of thiophene rings is 1. The molecule has 0 amide bonds. The lowest BCUT2D eigenvalue weighted by atomic mass is 9.80. The van der Waals surface area contributed by atoms with Gasteiger partial charge in [0.25, 0.3) is 0 Å². The Kier molecular flexibility index (Phi) is 3.31. The minimum absolute atomic E-state index is 0.180. The van der Waals surface area contributed by atoms with E-state index in [0.29, 0.717) is 0 Å². The van der Waals surface area contributed by atoms with E-state index in [-0.39, 0.29) is 18.3 Å². The predicted octanol–water partition coefficient (Wildman–Crippen LogP) is 3.70. The van der Waals surface area contributed by atoms with Crippen LogP contribution in [0.4, 0.5) is 0 Å². The Hall–Kier alpha value is -0.315. The molecule has 19 heavy (non-hydrogen) atoms. The summed E-state index contributed by atoms with van der Waals surface area (Å²) in [6.45, 7) is 8.48. The van der Waals surface area contributed by atoms with Crippen LogP contribution in [0.3, 0.4) is 0 Å². The molecule has 0 radical (unpaired) electrons. The third-order valence-electron chi connectivity index (χ3n) is 4.99. The summed E-state index contributed by atoms with van der Waals surface area (Å²) in [4.78, 5) is 0. The molecule has 0 aromatic carbocycles. The van der Waals surface area contributed by atoms with Crippen LogP contribution in [0, 0.1) is 0 Å². The molecular weight excluding hydrogens is 255 g/mol. The molecule has 1 aliphatic carbocycles. The molecule has 4 heteroatoms. The highest BCUT2D eigenvalue weighted by molar-refractivity contribution is 7.21. The van der Waals surface area contributed by atoms with Crippen LogP contribution >= 0.6 is 11.3 Å². The highest BCUT2D eigenvalue weighted by atomic mass is 32.1. The Labute approximate surface area is 120 Å². The Morgan fingerprint density at radius 2 is 1.68 bits per heavy atom. The van der Waals surface area contributed by atoms with E-state index in [1.807, 2.05) is 0 Å². The SMILES string of the molecule is CC1(C)OB(c2sccc2C2CCCC2)OC1(C)C. The van der Waals surface area contributed by atoms with Crippen molar-refractivity contribution in [3.63, 3.8) is 0 Å². The highest BCUT2D eigenvalue weighted by Gasteiger charge is 2.52. The van der Waals surface area contributed by atoms with Crippen LogP contribution < -0.4 is 4.78 Å². The first-order valence-corrected chi connectivity index (χ1v) is 8.21. The van der Waals surface area contributed by atoms with Gasteiger partial charge in [-0.1, -0.05) is 12.8 Å². The molecular formula is C15H23BO2S. The van der Waals surface area contributed by atoms with Gasteiger partial charge in [0.15, 0.2) is 0 Å². The number of hydrogen-bond donors (Lipinski definition) is 0. The van der Waals surface area contributed by atoms with Gasteiger partial charge >= 0.3 is 7.12 Å². The van der Waals surface area contributed by atoms with Crippen LogP contribution in [-0.4, -0.2) is 18.3 Å². The fourth-order valence-electron chi connectivity index (χ4n) is 3.05. The van der Waals surface area contributed by atoms with Gasteiger partial charge < -0.3 is 9.31 Å². The highest BCUT2D eigenvalue weighted by Crippen LogP contribution is 2.39. The zero-order valence-corrected chi connectivity index (χ0v) is 13.2. The van der Waals surface area contributed by atoms with Crippen molar-refractivity contribution in [2.24, 2.45) is 0 Å². The molecule has 1 aliphatic heterocycles. The fraction of sp³-hybridized carbons (Fsp3) is 0.733. The smallest absolute Gasteiger partial charge is 0.399 e. The minimum atomic E-state index is -0.241. The van der Waals surface area contributed by atoms with Crippen molar-refractivity contribution >= 4 is 23.2 Å². The van der Waals surface area contributed by atoms with Gasteiger partial charge in [-0.2, -0.15) is 11.3 Å². The Balaban J connectivity index is 1.86. The summed E-state index contributed by atoms with van der Waals surface area (Å²) in [7, 11) is -0.180. The second-order valence-electron chi connectivity index (χ2n) is 6.81. The standard InChI is InChI=1S/C15H23BO2S/c1-14(2)15(3,4)18-16(17-14)13-12(9-10-19-13)11-7-5-6-8-11/h9-11H,5-8H2,1-4H3. The van der Waals surface area contributed by atoms with Gasteiger partial charge in [0.1, 0.15) is 0 Å². The molecule has 0 spiro atoms. The molecule has 1 saturated carbocycles. The van der Waals surface area contributed by atoms with Gasteiger partial charge in [0, 0.05) is 4.78 Å². The van der Waals surface area contributed by atoms with E-state index in [0.717, 1.165) is 5.92 Å². The van der Waals surface area contributed by atoms with Crippen LogP contribution in [0.25, 0.3) is 0 Å². The molecule has 3 rings (SSSR count). The van der Waals surface area contributed by atoms with Crippen molar-refractivity contribution in [2.75, 3.05) is 0 Å². The molecule has 0 bridgehead atoms. The molecule has 1 aromatic rings. The topological polar surface area (TPSA) is 18.5 Å². The normalized spacial score (nSPS) is 26.2. The summed E-state index contributed by atoms with van der Waals surface area (Å²) < 4.78 is 13.7. The first-order chi connectivity index (χ1) is 8.91. The molecule has 1 aromatic heterocycles. The Morgan fingerprint density at radius 1 is 1.11 bits per heavy atom. The zero-order valence-electron chi connectivity index (χ0n) is 12.4. The summed E-state index contributed by atoms with van der Waals surface area (Å²) in [6.07, 6.45) is 5.37. The van der Waals surface area contributed by atoms with Crippen LogP contribution in [-0.2, 0) is 9.31 Å². The quantitative estimate of drug-likeness (QED) is 0.768. The maximum Gasteiger partial charge on any atom is 0.505 e. The Morgan fingerprint density at radius 3 is 2.26 bits per heavy atom. The molecule has 0 atom stereocenters. The van der Waals surface area contributed by atoms with Crippen molar-refractivity contribution in [3.05, 3.63) is 17.0 Å². The van der Waals surface area contributed by atoms with E-state index in [4.69, 9.17) is 9.31 Å². The van der Waals surface area contributed by atoms with Crippen LogP contribution in [0.5, 0.6) is 0 Å². The van der Waals surface area contributed by atoms with Gasteiger partial charge in [0.2, 0.25) is 0 Å². The summed E-state index contributed by atoms with van der Waals surface area (Å²) >= 11 is 1.79. The lowest BCUT2D eigenvalue weighted by Crippen LogP contribution is -2.41. The van der Waals surface area contributed by atoms with Crippen LogP contribution in [0.1, 0.15) is 64.9 Å². The molecule has 0 N–H and O–H groups in total.